The monoisotopic (exact) mass is 300 g/mol. The Kier molecular flexibility index (Phi) is 4.87. The summed E-state index contributed by atoms with van der Waals surface area (Å²) in [5.41, 5.74) is -0.490. The highest BCUT2D eigenvalue weighted by Crippen LogP contribution is 2.42. The number of carbonyl (C=O) groups is 1. The van der Waals surface area contributed by atoms with Crippen molar-refractivity contribution < 1.29 is 14.6 Å². The first-order chi connectivity index (χ1) is 10.4. The molecule has 2 atom stereocenters. The summed E-state index contributed by atoms with van der Waals surface area (Å²) in [4.78, 5) is 12.0. The summed E-state index contributed by atoms with van der Waals surface area (Å²) in [5, 5.41) is 12.9. The van der Waals surface area contributed by atoms with Crippen molar-refractivity contribution in [3.8, 4) is 5.75 Å². The average molecular weight is 300 g/mol. The fourth-order valence-electron chi connectivity index (χ4n) is 3.05. The van der Waals surface area contributed by atoms with Gasteiger partial charge in [0, 0.05) is 11.5 Å². The van der Waals surface area contributed by atoms with Gasteiger partial charge < -0.3 is 9.84 Å². The fourth-order valence-corrected chi connectivity index (χ4v) is 3.05. The second-order valence-electron chi connectivity index (χ2n) is 5.95. The van der Waals surface area contributed by atoms with Gasteiger partial charge in [-0.3, -0.25) is 4.79 Å². The molecule has 2 aromatic carbocycles. The lowest BCUT2D eigenvalue weighted by atomic mass is 9.76. The zero-order valence-corrected chi connectivity index (χ0v) is 13.7. The molecular formula is C19H24O3. The minimum atomic E-state index is -1.41. The Morgan fingerprint density at radius 1 is 1.27 bits per heavy atom. The summed E-state index contributed by atoms with van der Waals surface area (Å²) in [6.45, 7) is 5.11. The van der Waals surface area contributed by atoms with E-state index in [9.17, 15) is 9.90 Å². The highest BCUT2D eigenvalue weighted by atomic mass is 16.5. The molecule has 0 aliphatic carbocycles. The van der Waals surface area contributed by atoms with Gasteiger partial charge in [0.25, 0.3) is 0 Å². The van der Waals surface area contributed by atoms with Crippen LogP contribution in [0.3, 0.4) is 0 Å². The van der Waals surface area contributed by atoms with Crippen molar-refractivity contribution >= 4 is 16.6 Å². The predicted molar refractivity (Wildman–Crippen MR) is 89.5 cm³/mol. The number of ketones is 1. The second-order valence-corrected chi connectivity index (χ2v) is 5.95. The van der Waals surface area contributed by atoms with Gasteiger partial charge in [-0.2, -0.15) is 0 Å². The number of methoxy groups -OCH3 is 1. The van der Waals surface area contributed by atoms with Gasteiger partial charge in [-0.15, -0.1) is 0 Å². The largest absolute Gasteiger partial charge is 0.496 e. The zero-order valence-electron chi connectivity index (χ0n) is 13.7. The SMILES string of the molecule is CCCC(c1c(OC)ccc2ccccc12)C(C)(O)C(C)=O. The first kappa shape index (κ1) is 16.5. The molecule has 22 heavy (non-hydrogen) atoms. The second kappa shape index (κ2) is 6.49. The summed E-state index contributed by atoms with van der Waals surface area (Å²) in [6, 6.07) is 11.9. The molecule has 0 saturated heterocycles. The molecule has 0 amide bonds. The Labute approximate surface area is 131 Å². The van der Waals surface area contributed by atoms with Crippen LogP contribution in [0.15, 0.2) is 36.4 Å². The van der Waals surface area contributed by atoms with Crippen LogP contribution >= 0.6 is 0 Å². The minimum Gasteiger partial charge on any atom is -0.496 e. The molecule has 0 spiro atoms. The summed E-state index contributed by atoms with van der Waals surface area (Å²) in [5.74, 6) is 0.204. The average Bonchev–Trinajstić information content (AvgIpc) is 2.51. The predicted octanol–water partition coefficient (Wildman–Crippen LogP) is 4.07. The van der Waals surface area contributed by atoms with E-state index in [1.54, 1.807) is 14.0 Å². The van der Waals surface area contributed by atoms with E-state index in [1.807, 2.05) is 36.4 Å². The van der Waals surface area contributed by atoms with Gasteiger partial charge in [0.2, 0.25) is 0 Å². The molecule has 1 N–H and O–H groups in total. The number of rotatable bonds is 6. The Bertz CT molecular complexity index is 673. The van der Waals surface area contributed by atoms with Crippen molar-refractivity contribution in [2.45, 2.75) is 45.1 Å². The summed E-state index contributed by atoms with van der Waals surface area (Å²) >= 11 is 0. The van der Waals surface area contributed by atoms with Gasteiger partial charge in [-0.25, -0.2) is 0 Å². The molecule has 0 aromatic heterocycles. The van der Waals surface area contributed by atoms with E-state index in [2.05, 4.69) is 6.92 Å². The molecule has 0 radical (unpaired) electrons. The highest BCUT2D eigenvalue weighted by molar-refractivity contribution is 5.91. The van der Waals surface area contributed by atoms with Crippen LogP contribution in [-0.2, 0) is 4.79 Å². The van der Waals surface area contributed by atoms with Crippen LogP contribution in [0.1, 0.15) is 45.1 Å². The summed E-state index contributed by atoms with van der Waals surface area (Å²) in [6.07, 6.45) is 1.59. The molecule has 118 valence electrons. The molecule has 0 bridgehead atoms. The maximum atomic E-state index is 12.0. The fraction of sp³-hybridized carbons (Fsp3) is 0.421. The summed E-state index contributed by atoms with van der Waals surface area (Å²) < 4.78 is 5.53. The normalized spacial score (nSPS) is 15.3. The Morgan fingerprint density at radius 2 is 1.95 bits per heavy atom. The molecule has 0 saturated carbocycles. The van der Waals surface area contributed by atoms with Crippen LogP contribution < -0.4 is 4.74 Å². The zero-order chi connectivity index (χ0) is 16.3. The van der Waals surface area contributed by atoms with E-state index in [-0.39, 0.29) is 11.7 Å². The molecule has 2 unspecified atom stereocenters. The van der Waals surface area contributed by atoms with Crippen molar-refractivity contribution in [1.82, 2.24) is 0 Å². The van der Waals surface area contributed by atoms with Crippen LogP contribution in [0, 0.1) is 0 Å². The lowest BCUT2D eigenvalue weighted by Crippen LogP contribution is -2.40. The number of ether oxygens (including phenoxy) is 1. The first-order valence-electron chi connectivity index (χ1n) is 7.72. The van der Waals surface area contributed by atoms with E-state index in [4.69, 9.17) is 4.74 Å². The number of hydrogen-bond acceptors (Lipinski definition) is 3. The topological polar surface area (TPSA) is 46.5 Å². The molecule has 3 heteroatoms. The Balaban J connectivity index is 2.74. The third-order valence-corrected chi connectivity index (χ3v) is 4.47. The third-order valence-electron chi connectivity index (χ3n) is 4.47. The van der Waals surface area contributed by atoms with E-state index >= 15 is 0 Å². The number of carbonyl (C=O) groups excluding carboxylic acids is 1. The molecule has 2 aromatic rings. The van der Waals surface area contributed by atoms with Crippen LogP contribution in [0.25, 0.3) is 10.8 Å². The van der Waals surface area contributed by atoms with Crippen molar-refractivity contribution in [3.63, 3.8) is 0 Å². The van der Waals surface area contributed by atoms with E-state index in [1.165, 1.54) is 6.92 Å². The van der Waals surface area contributed by atoms with Gasteiger partial charge in [0.05, 0.1) is 7.11 Å². The molecule has 3 nitrogen and oxygen atoms in total. The van der Waals surface area contributed by atoms with Gasteiger partial charge in [-0.05, 0) is 37.1 Å². The van der Waals surface area contributed by atoms with Crippen molar-refractivity contribution in [2.75, 3.05) is 7.11 Å². The summed E-state index contributed by atoms with van der Waals surface area (Å²) in [7, 11) is 1.62. The lowest BCUT2D eigenvalue weighted by molar-refractivity contribution is -0.135. The van der Waals surface area contributed by atoms with Gasteiger partial charge >= 0.3 is 0 Å². The van der Waals surface area contributed by atoms with E-state index in [0.717, 1.165) is 34.9 Å². The maximum absolute atomic E-state index is 12.0. The first-order valence-corrected chi connectivity index (χ1v) is 7.72. The minimum absolute atomic E-state index is 0.221. The molecule has 0 fully saturated rings. The number of hydrogen-bond donors (Lipinski definition) is 1. The molecule has 0 heterocycles. The number of benzene rings is 2. The number of fused-ring (bicyclic) bond motifs is 1. The lowest BCUT2D eigenvalue weighted by Gasteiger charge is -2.32. The molecule has 2 rings (SSSR count). The standard InChI is InChI=1S/C19H24O3/c1-5-8-16(19(3,21)13(2)20)18-15-10-7-6-9-14(15)11-12-17(18)22-4/h6-7,9-12,16,21H,5,8H2,1-4H3. The Morgan fingerprint density at radius 3 is 2.55 bits per heavy atom. The molecular weight excluding hydrogens is 276 g/mol. The number of Topliss-reactive ketones (excluding diaryl/α,β-unsaturated/α-hetero) is 1. The van der Waals surface area contributed by atoms with Crippen LogP contribution in [0.5, 0.6) is 5.75 Å². The third kappa shape index (κ3) is 2.86. The van der Waals surface area contributed by atoms with E-state index in [0.29, 0.717) is 0 Å². The van der Waals surface area contributed by atoms with Crippen LogP contribution in [0.4, 0.5) is 0 Å². The quantitative estimate of drug-likeness (QED) is 0.874. The van der Waals surface area contributed by atoms with Crippen molar-refractivity contribution in [2.24, 2.45) is 0 Å². The molecule has 0 aliphatic rings. The maximum Gasteiger partial charge on any atom is 0.161 e. The van der Waals surface area contributed by atoms with Gasteiger partial charge in [0.1, 0.15) is 11.4 Å². The Hall–Kier alpha value is -1.87. The highest BCUT2D eigenvalue weighted by Gasteiger charge is 2.39. The van der Waals surface area contributed by atoms with Crippen LogP contribution in [-0.4, -0.2) is 23.6 Å². The smallest absolute Gasteiger partial charge is 0.161 e. The molecule has 0 aliphatic heterocycles. The van der Waals surface area contributed by atoms with Gasteiger partial charge in [-0.1, -0.05) is 43.7 Å². The van der Waals surface area contributed by atoms with Gasteiger partial charge in [0.15, 0.2) is 5.78 Å². The number of aliphatic hydroxyl groups is 1. The van der Waals surface area contributed by atoms with Crippen molar-refractivity contribution in [1.29, 1.82) is 0 Å². The van der Waals surface area contributed by atoms with E-state index < -0.39 is 5.60 Å². The van der Waals surface area contributed by atoms with Crippen LogP contribution in [0.2, 0.25) is 0 Å². The van der Waals surface area contributed by atoms with Crippen molar-refractivity contribution in [3.05, 3.63) is 42.0 Å².